The molecule has 0 bridgehead atoms. The Hall–Kier alpha value is -3.35. The van der Waals surface area contributed by atoms with E-state index >= 15 is 0 Å². The van der Waals surface area contributed by atoms with Crippen LogP contribution in [0.2, 0.25) is 0 Å². The van der Waals surface area contributed by atoms with Crippen LogP contribution in [0.25, 0.3) is 0 Å². The summed E-state index contributed by atoms with van der Waals surface area (Å²) in [4.78, 5) is 14.8. The summed E-state index contributed by atoms with van der Waals surface area (Å²) >= 11 is 0. The van der Waals surface area contributed by atoms with E-state index in [4.69, 9.17) is 9.15 Å². The van der Waals surface area contributed by atoms with Crippen molar-refractivity contribution in [1.29, 1.82) is 0 Å². The molecule has 4 rings (SSSR count). The van der Waals surface area contributed by atoms with E-state index < -0.39 is 6.04 Å². The van der Waals surface area contributed by atoms with Crippen molar-refractivity contribution in [2.45, 2.75) is 25.3 Å². The summed E-state index contributed by atoms with van der Waals surface area (Å²) < 4.78 is 11.1. The minimum Gasteiger partial charge on any atom is -0.497 e. The minimum absolute atomic E-state index is 0.120. The van der Waals surface area contributed by atoms with Crippen LogP contribution < -0.4 is 15.0 Å². The number of rotatable bonds is 7. The van der Waals surface area contributed by atoms with Gasteiger partial charge in [-0.05, 0) is 36.1 Å². The average Bonchev–Trinajstić information content (AvgIpc) is 3.45. The Kier molecular flexibility index (Phi) is 5.74. The Labute approximate surface area is 169 Å². The molecule has 1 aliphatic heterocycles. The predicted octanol–water partition coefficient (Wildman–Crippen LogP) is 3.13. The molecule has 7 heteroatoms. The van der Waals surface area contributed by atoms with Gasteiger partial charge in [-0.3, -0.25) is 4.79 Å². The van der Waals surface area contributed by atoms with E-state index in [1.807, 2.05) is 54.6 Å². The molecule has 0 aliphatic carbocycles. The van der Waals surface area contributed by atoms with Crippen molar-refractivity contribution >= 4 is 11.9 Å². The van der Waals surface area contributed by atoms with Gasteiger partial charge in [0.25, 0.3) is 0 Å². The molecule has 1 fully saturated rings. The van der Waals surface area contributed by atoms with Crippen molar-refractivity contribution in [2.75, 3.05) is 25.1 Å². The maximum Gasteiger partial charge on any atom is 0.318 e. The fourth-order valence-electron chi connectivity index (χ4n) is 3.45. The lowest BCUT2D eigenvalue weighted by atomic mass is 10.1. The quantitative estimate of drug-likeness (QED) is 0.665. The second-order valence-electron chi connectivity index (χ2n) is 7.05. The molecule has 29 heavy (non-hydrogen) atoms. The first-order valence-corrected chi connectivity index (χ1v) is 9.78. The van der Waals surface area contributed by atoms with Crippen LogP contribution in [-0.2, 0) is 11.2 Å². The number of nitrogens with one attached hydrogen (secondary N) is 1. The van der Waals surface area contributed by atoms with Gasteiger partial charge in [0.15, 0.2) is 0 Å². The van der Waals surface area contributed by atoms with Crippen molar-refractivity contribution in [3.63, 3.8) is 0 Å². The molecule has 1 amide bonds. The van der Waals surface area contributed by atoms with E-state index in [-0.39, 0.29) is 12.3 Å². The predicted molar refractivity (Wildman–Crippen MR) is 109 cm³/mol. The van der Waals surface area contributed by atoms with Gasteiger partial charge in [0.2, 0.25) is 11.8 Å². The fourth-order valence-corrected chi connectivity index (χ4v) is 3.45. The Bertz CT molecular complexity index is 934. The number of ether oxygens (including phenoxy) is 1. The topological polar surface area (TPSA) is 80.5 Å². The highest BCUT2D eigenvalue weighted by Gasteiger charge is 2.25. The number of amides is 1. The lowest BCUT2D eigenvalue weighted by Crippen LogP contribution is -2.30. The van der Waals surface area contributed by atoms with Gasteiger partial charge in [0.05, 0.1) is 13.5 Å². The van der Waals surface area contributed by atoms with Crippen molar-refractivity contribution in [2.24, 2.45) is 0 Å². The largest absolute Gasteiger partial charge is 0.497 e. The number of carbonyl (C=O) groups is 1. The number of nitrogens with zero attached hydrogens (tertiary/aromatic N) is 3. The summed E-state index contributed by atoms with van der Waals surface area (Å²) in [6.45, 7) is 1.84. The molecule has 1 saturated heterocycles. The van der Waals surface area contributed by atoms with E-state index in [2.05, 4.69) is 20.4 Å². The zero-order valence-corrected chi connectivity index (χ0v) is 16.4. The number of hydrogen-bond donors (Lipinski definition) is 1. The van der Waals surface area contributed by atoms with E-state index in [1.54, 1.807) is 7.11 Å². The molecule has 2 heterocycles. The standard InChI is InChI=1S/C22H24N4O3/c1-28-18-11-9-16(10-12-18)15-19(27)23-20(17-7-3-2-4-8-17)21-24-25-22(29-21)26-13-5-6-14-26/h2-4,7-12,20H,5-6,13-15H2,1H3,(H,23,27). The molecule has 0 spiro atoms. The molecule has 1 atom stereocenters. The van der Waals surface area contributed by atoms with Crippen LogP contribution in [0, 0.1) is 0 Å². The first kappa shape index (κ1) is 19.0. The Balaban J connectivity index is 1.52. The molecule has 0 radical (unpaired) electrons. The number of carbonyl (C=O) groups excluding carboxylic acids is 1. The smallest absolute Gasteiger partial charge is 0.318 e. The van der Waals surface area contributed by atoms with E-state index in [1.165, 1.54) is 0 Å². The Morgan fingerprint density at radius 2 is 1.83 bits per heavy atom. The summed E-state index contributed by atoms with van der Waals surface area (Å²) in [7, 11) is 1.62. The molecule has 2 aromatic carbocycles. The van der Waals surface area contributed by atoms with Gasteiger partial charge in [0, 0.05) is 13.1 Å². The molecule has 1 N–H and O–H groups in total. The normalized spacial score (nSPS) is 14.6. The van der Waals surface area contributed by atoms with E-state index in [0.717, 1.165) is 42.8 Å². The van der Waals surface area contributed by atoms with Gasteiger partial charge >= 0.3 is 6.01 Å². The van der Waals surface area contributed by atoms with Crippen LogP contribution in [-0.4, -0.2) is 36.3 Å². The van der Waals surface area contributed by atoms with Gasteiger partial charge in [-0.25, -0.2) is 0 Å². The van der Waals surface area contributed by atoms with Crippen LogP contribution in [0.3, 0.4) is 0 Å². The zero-order valence-electron chi connectivity index (χ0n) is 16.4. The van der Waals surface area contributed by atoms with Gasteiger partial charge < -0.3 is 19.4 Å². The van der Waals surface area contributed by atoms with Crippen LogP contribution in [0.1, 0.15) is 35.9 Å². The van der Waals surface area contributed by atoms with Gasteiger partial charge in [-0.15, -0.1) is 5.10 Å². The van der Waals surface area contributed by atoms with Crippen LogP contribution >= 0.6 is 0 Å². The third-order valence-electron chi connectivity index (χ3n) is 5.02. The monoisotopic (exact) mass is 392 g/mol. The first-order valence-electron chi connectivity index (χ1n) is 9.78. The molecule has 7 nitrogen and oxygen atoms in total. The molecule has 0 saturated carbocycles. The highest BCUT2D eigenvalue weighted by Crippen LogP contribution is 2.25. The maximum absolute atomic E-state index is 12.7. The maximum atomic E-state index is 12.7. The lowest BCUT2D eigenvalue weighted by molar-refractivity contribution is -0.121. The summed E-state index contributed by atoms with van der Waals surface area (Å²) in [6, 6.07) is 17.1. The summed E-state index contributed by atoms with van der Waals surface area (Å²) in [5, 5.41) is 11.5. The van der Waals surface area contributed by atoms with Gasteiger partial charge in [-0.2, -0.15) is 0 Å². The third kappa shape index (κ3) is 4.56. The average molecular weight is 392 g/mol. The zero-order chi connectivity index (χ0) is 20.1. The molecular weight excluding hydrogens is 368 g/mol. The summed E-state index contributed by atoms with van der Waals surface area (Å²) in [6.07, 6.45) is 2.50. The highest BCUT2D eigenvalue weighted by atomic mass is 16.5. The van der Waals surface area contributed by atoms with Crippen molar-refractivity contribution in [3.8, 4) is 5.75 Å². The molecule has 150 valence electrons. The number of methoxy groups -OCH3 is 1. The second kappa shape index (κ2) is 8.77. The van der Waals surface area contributed by atoms with Crippen molar-refractivity contribution in [3.05, 3.63) is 71.6 Å². The lowest BCUT2D eigenvalue weighted by Gasteiger charge is -2.16. The number of anilines is 1. The van der Waals surface area contributed by atoms with E-state index in [0.29, 0.717) is 11.9 Å². The van der Waals surface area contributed by atoms with Gasteiger partial charge in [0.1, 0.15) is 11.8 Å². The SMILES string of the molecule is COc1ccc(CC(=O)NC(c2ccccc2)c2nnc(N3CCCC3)o2)cc1. The summed E-state index contributed by atoms with van der Waals surface area (Å²) in [5.74, 6) is 1.03. The van der Waals surface area contributed by atoms with Crippen LogP contribution in [0.15, 0.2) is 59.0 Å². The van der Waals surface area contributed by atoms with Gasteiger partial charge in [-0.1, -0.05) is 47.6 Å². The molecule has 1 unspecified atom stereocenters. The van der Waals surface area contributed by atoms with Crippen LogP contribution in [0.5, 0.6) is 5.75 Å². The molecule has 3 aromatic rings. The summed E-state index contributed by atoms with van der Waals surface area (Å²) in [5.41, 5.74) is 1.80. The highest BCUT2D eigenvalue weighted by molar-refractivity contribution is 5.79. The molecular formula is C22H24N4O3. The Morgan fingerprint density at radius 1 is 1.10 bits per heavy atom. The number of benzene rings is 2. The van der Waals surface area contributed by atoms with Crippen molar-refractivity contribution in [1.82, 2.24) is 15.5 Å². The molecule has 1 aromatic heterocycles. The van der Waals surface area contributed by atoms with Crippen LogP contribution in [0.4, 0.5) is 6.01 Å². The second-order valence-corrected chi connectivity index (χ2v) is 7.05. The fraction of sp³-hybridized carbons (Fsp3) is 0.318. The Morgan fingerprint density at radius 3 is 2.52 bits per heavy atom. The number of hydrogen-bond acceptors (Lipinski definition) is 6. The number of aromatic nitrogens is 2. The molecule has 1 aliphatic rings. The minimum atomic E-state index is -0.495. The van der Waals surface area contributed by atoms with Crippen molar-refractivity contribution < 1.29 is 13.9 Å². The van der Waals surface area contributed by atoms with E-state index in [9.17, 15) is 4.79 Å². The third-order valence-corrected chi connectivity index (χ3v) is 5.02. The first-order chi connectivity index (χ1) is 14.2.